The molecule has 2 heterocycles. The summed E-state index contributed by atoms with van der Waals surface area (Å²) in [6, 6.07) is 7.01. The van der Waals surface area contributed by atoms with Crippen LogP contribution in [0.1, 0.15) is 11.1 Å². The van der Waals surface area contributed by atoms with Crippen LogP contribution in [0.2, 0.25) is 0 Å². The van der Waals surface area contributed by atoms with Crippen molar-refractivity contribution in [2.24, 2.45) is 0 Å². The molecule has 1 radical (unpaired) electrons. The molecule has 2 heteroatoms. The number of aryl methyl sites for hydroxylation is 1. The second kappa shape index (κ2) is 3.58. The van der Waals surface area contributed by atoms with Crippen LogP contribution in [0.25, 0.3) is 11.3 Å². The summed E-state index contributed by atoms with van der Waals surface area (Å²) in [5.74, 6) is 0. The molecule has 2 rings (SSSR count). The highest BCUT2D eigenvalue weighted by Crippen LogP contribution is 2.21. The Bertz CT molecular complexity index is 435. The highest BCUT2D eigenvalue weighted by molar-refractivity contribution is 5.62. The minimum Gasteiger partial charge on any atom is -0.264 e. The lowest BCUT2D eigenvalue weighted by atomic mass is 10.1. The van der Waals surface area contributed by atoms with E-state index in [-0.39, 0.29) is 0 Å². The van der Waals surface area contributed by atoms with Gasteiger partial charge in [0, 0.05) is 30.2 Å². The molecule has 0 amide bonds. The predicted molar refractivity (Wildman–Crippen MR) is 55.8 cm³/mol. The molecule has 0 N–H and O–H groups in total. The first-order valence-corrected chi connectivity index (χ1v) is 4.53. The van der Waals surface area contributed by atoms with Crippen molar-refractivity contribution in [1.82, 2.24) is 9.97 Å². The predicted octanol–water partition coefficient (Wildman–Crippen LogP) is 2.56. The normalized spacial score (nSPS) is 10.1. The fourth-order valence-corrected chi connectivity index (χ4v) is 1.37. The number of aromatic nitrogens is 2. The average Bonchev–Trinajstić information content (AvgIpc) is 2.23. The standard InChI is InChI=1S/C12H11N2/c1-9-5-7-14-12(10(9)2)11-4-3-6-13-8-11/h3-4,6-8H,1-2H3. The van der Waals surface area contributed by atoms with Crippen LogP contribution in [0.3, 0.4) is 0 Å². The molecule has 2 aromatic rings. The van der Waals surface area contributed by atoms with Gasteiger partial charge in [-0.05, 0) is 37.1 Å². The van der Waals surface area contributed by atoms with E-state index in [9.17, 15) is 0 Å². The second-order valence-corrected chi connectivity index (χ2v) is 3.24. The zero-order chi connectivity index (χ0) is 9.97. The van der Waals surface area contributed by atoms with Crippen molar-refractivity contribution in [1.29, 1.82) is 0 Å². The Kier molecular flexibility index (Phi) is 2.27. The van der Waals surface area contributed by atoms with E-state index in [0.29, 0.717) is 0 Å². The topological polar surface area (TPSA) is 25.8 Å². The van der Waals surface area contributed by atoms with Crippen molar-refractivity contribution in [2.75, 3.05) is 0 Å². The number of hydrogen-bond donors (Lipinski definition) is 0. The molecule has 0 unspecified atom stereocenters. The van der Waals surface area contributed by atoms with Crippen LogP contribution in [0.15, 0.2) is 30.7 Å². The van der Waals surface area contributed by atoms with Crippen molar-refractivity contribution in [3.05, 3.63) is 47.9 Å². The molecule has 0 fully saturated rings. The van der Waals surface area contributed by atoms with Crippen LogP contribution in [0.5, 0.6) is 0 Å². The molecule has 0 saturated heterocycles. The Labute approximate surface area is 83.7 Å². The molecule has 0 aromatic carbocycles. The maximum atomic E-state index is 4.31. The van der Waals surface area contributed by atoms with Crippen molar-refractivity contribution >= 4 is 0 Å². The van der Waals surface area contributed by atoms with E-state index < -0.39 is 0 Å². The van der Waals surface area contributed by atoms with E-state index in [1.54, 1.807) is 12.4 Å². The fraction of sp³-hybridized carbons (Fsp3) is 0.167. The van der Waals surface area contributed by atoms with Gasteiger partial charge in [0.05, 0.1) is 5.69 Å². The van der Waals surface area contributed by atoms with E-state index in [0.717, 1.165) is 16.8 Å². The van der Waals surface area contributed by atoms with Crippen molar-refractivity contribution in [3.63, 3.8) is 0 Å². The van der Waals surface area contributed by atoms with Gasteiger partial charge in [-0.3, -0.25) is 9.97 Å². The van der Waals surface area contributed by atoms with Crippen LogP contribution in [-0.4, -0.2) is 9.97 Å². The van der Waals surface area contributed by atoms with Gasteiger partial charge in [0.1, 0.15) is 0 Å². The average molecular weight is 183 g/mol. The van der Waals surface area contributed by atoms with Crippen LogP contribution >= 0.6 is 0 Å². The molecular weight excluding hydrogens is 172 g/mol. The van der Waals surface area contributed by atoms with Crippen molar-refractivity contribution in [2.45, 2.75) is 13.8 Å². The summed E-state index contributed by atoms with van der Waals surface area (Å²) in [5.41, 5.74) is 4.36. The number of rotatable bonds is 1. The minimum absolute atomic E-state index is 0.995. The molecule has 14 heavy (non-hydrogen) atoms. The van der Waals surface area contributed by atoms with Crippen LogP contribution in [0.4, 0.5) is 0 Å². The van der Waals surface area contributed by atoms with Crippen LogP contribution in [0, 0.1) is 19.9 Å². The van der Waals surface area contributed by atoms with Gasteiger partial charge in [0.15, 0.2) is 0 Å². The largest absolute Gasteiger partial charge is 0.264 e. The molecule has 0 aliphatic carbocycles. The van der Waals surface area contributed by atoms with E-state index in [1.807, 2.05) is 25.3 Å². The summed E-state index contributed by atoms with van der Waals surface area (Å²) in [7, 11) is 0. The van der Waals surface area contributed by atoms with Crippen molar-refractivity contribution in [3.8, 4) is 11.3 Å². The van der Waals surface area contributed by atoms with E-state index in [1.165, 1.54) is 5.56 Å². The number of hydrogen-bond acceptors (Lipinski definition) is 2. The van der Waals surface area contributed by atoms with Gasteiger partial charge >= 0.3 is 0 Å². The van der Waals surface area contributed by atoms with E-state index >= 15 is 0 Å². The Morgan fingerprint density at radius 2 is 2.14 bits per heavy atom. The molecule has 2 nitrogen and oxygen atoms in total. The third-order valence-corrected chi connectivity index (χ3v) is 2.33. The third kappa shape index (κ3) is 1.51. The summed E-state index contributed by atoms with van der Waals surface area (Å²) in [5, 5.41) is 0. The van der Waals surface area contributed by atoms with Crippen LogP contribution in [-0.2, 0) is 0 Å². The smallest absolute Gasteiger partial charge is 0.0749 e. The summed E-state index contributed by atoms with van der Waals surface area (Å²) in [4.78, 5) is 8.40. The quantitative estimate of drug-likeness (QED) is 0.679. The van der Waals surface area contributed by atoms with Gasteiger partial charge in [-0.15, -0.1) is 0 Å². The lowest BCUT2D eigenvalue weighted by molar-refractivity contribution is 1.20. The first kappa shape index (κ1) is 8.88. The lowest BCUT2D eigenvalue weighted by Crippen LogP contribution is -1.91. The molecule has 2 aromatic heterocycles. The summed E-state index contributed by atoms with van der Waals surface area (Å²) in [6.45, 7) is 4.10. The minimum atomic E-state index is 0.995. The highest BCUT2D eigenvalue weighted by Gasteiger charge is 2.04. The molecule has 0 atom stereocenters. The SMILES string of the molecule is Cc1[c]cnc(-c2cccnc2)c1C. The Hall–Kier alpha value is -1.70. The zero-order valence-corrected chi connectivity index (χ0v) is 8.28. The molecule has 0 saturated carbocycles. The monoisotopic (exact) mass is 183 g/mol. The zero-order valence-electron chi connectivity index (χ0n) is 8.28. The highest BCUT2D eigenvalue weighted by atomic mass is 14.7. The number of nitrogens with zero attached hydrogens (tertiary/aromatic N) is 2. The fourth-order valence-electron chi connectivity index (χ4n) is 1.37. The van der Waals surface area contributed by atoms with Gasteiger partial charge in [-0.1, -0.05) is 0 Å². The van der Waals surface area contributed by atoms with E-state index in [4.69, 9.17) is 0 Å². The summed E-state index contributed by atoms with van der Waals surface area (Å²) >= 11 is 0. The molecule has 0 spiro atoms. The van der Waals surface area contributed by atoms with Gasteiger partial charge < -0.3 is 0 Å². The Balaban J connectivity index is 2.58. The van der Waals surface area contributed by atoms with Gasteiger partial charge in [-0.2, -0.15) is 0 Å². The summed E-state index contributed by atoms with van der Waals surface area (Å²) < 4.78 is 0. The maximum Gasteiger partial charge on any atom is 0.0749 e. The van der Waals surface area contributed by atoms with Gasteiger partial charge in [-0.25, -0.2) is 0 Å². The molecular formula is C12H11N2. The van der Waals surface area contributed by atoms with Gasteiger partial charge in [0.25, 0.3) is 0 Å². The molecule has 0 bridgehead atoms. The molecule has 0 aliphatic heterocycles. The van der Waals surface area contributed by atoms with Gasteiger partial charge in [0.2, 0.25) is 0 Å². The van der Waals surface area contributed by atoms with Crippen molar-refractivity contribution < 1.29 is 0 Å². The summed E-state index contributed by atoms with van der Waals surface area (Å²) in [6.07, 6.45) is 5.31. The Morgan fingerprint density at radius 3 is 2.86 bits per heavy atom. The molecule has 69 valence electrons. The Morgan fingerprint density at radius 1 is 1.29 bits per heavy atom. The number of pyridine rings is 2. The first-order valence-electron chi connectivity index (χ1n) is 4.53. The lowest BCUT2D eigenvalue weighted by Gasteiger charge is -2.05. The third-order valence-electron chi connectivity index (χ3n) is 2.33. The molecule has 0 aliphatic rings. The first-order chi connectivity index (χ1) is 6.79. The van der Waals surface area contributed by atoms with Crippen LogP contribution < -0.4 is 0 Å². The second-order valence-electron chi connectivity index (χ2n) is 3.24. The maximum absolute atomic E-state index is 4.31. The van der Waals surface area contributed by atoms with E-state index in [2.05, 4.69) is 23.0 Å².